The Bertz CT molecular complexity index is 418. The van der Waals surface area contributed by atoms with Crippen molar-refractivity contribution < 1.29 is 0 Å². The van der Waals surface area contributed by atoms with Crippen molar-refractivity contribution in [3.05, 3.63) is 40.8 Å². The molecule has 74 valence electrons. The Morgan fingerprint density at radius 2 is 1.93 bits per heavy atom. The van der Waals surface area contributed by atoms with Crippen LogP contribution in [0.4, 0.5) is 0 Å². The fourth-order valence-electron chi connectivity index (χ4n) is 1.31. The lowest BCUT2D eigenvalue weighted by Crippen LogP contribution is -1.77. The van der Waals surface area contributed by atoms with Gasteiger partial charge in [-0.1, -0.05) is 31.2 Å². The number of aryl methyl sites for hydroxylation is 2. The normalized spacial score (nSPS) is 9.57. The third-order valence-corrected chi connectivity index (χ3v) is 2.64. The zero-order valence-electron chi connectivity index (χ0n) is 7.74. The Balaban J connectivity index is 0.000000980. The highest BCUT2D eigenvalue weighted by Gasteiger charge is 2.00. The average Bonchev–Trinajstić information content (AvgIpc) is 2.52. The number of aromatic nitrogens is 1. The SMILES string of the molecule is C.Cc1cccc(-c2cc(C)sn2)c1. The van der Waals surface area contributed by atoms with Crippen LogP contribution in [-0.2, 0) is 0 Å². The van der Waals surface area contributed by atoms with Gasteiger partial charge in [-0.05, 0) is 37.5 Å². The maximum atomic E-state index is 4.37. The summed E-state index contributed by atoms with van der Waals surface area (Å²) >= 11 is 1.56. The van der Waals surface area contributed by atoms with E-state index in [1.54, 1.807) is 11.5 Å². The topological polar surface area (TPSA) is 12.9 Å². The zero-order chi connectivity index (χ0) is 9.26. The van der Waals surface area contributed by atoms with Crippen molar-refractivity contribution in [1.82, 2.24) is 4.37 Å². The van der Waals surface area contributed by atoms with Crippen molar-refractivity contribution in [3.8, 4) is 11.3 Å². The molecule has 0 atom stereocenters. The minimum atomic E-state index is 0. The van der Waals surface area contributed by atoms with E-state index in [1.807, 2.05) is 0 Å². The molecule has 1 heterocycles. The summed E-state index contributed by atoms with van der Waals surface area (Å²) in [5.74, 6) is 0. The fourth-order valence-corrected chi connectivity index (χ4v) is 1.87. The predicted octanol–water partition coefficient (Wildman–Crippen LogP) is 4.06. The molecule has 0 aliphatic rings. The van der Waals surface area contributed by atoms with Gasteiger partial charge < -0.3 is 0 Å². The molecule has 0 fully saturated rings. The lowest BCUT2D eigenvalue weighted by molar-refractivity contribution is 1.44. The Morgan fingerprint density at radius 3 is 2.50 bits per heavy atom. The van der Waals surface area contributed by atoms with Gasteiger partial charge in [0.25, 0.3) is 0 Å². The molecule has 2 aromatic rings. The second-order valence-corrected chi connectivity index (χ2v) is 4.20. The molecular weight excluding hydrogens is 190 g/mol. The number of nitrogens with zero attached hydrogens (tertiary/aromatic N) is 1. The lowest BCUT2D eigenvalue weighted by atomic mass is 10.1. The van der Waals surface area contributed by atoms with E-state index in [9.17, 15) is 0 Å². The van der Waals surface area contributed by atoms with E-state index in [1.165, 1.54) is 16.0 Å². The highest BCUT2D eigenvalue weighted by Crippen LogP contribution is 2.21. The van der Waals surface area contributed by atoms with Gasteiger partial charge in [-0.2, -0.15) is 4.37 Å². The average molecular weight is 205 g/mol. The molecule has 0 unspecified atom stereocenters. The third-order valence-electron chi connectivity index (χ3n) is 1.94. The van der Waals surface area contributed by atoms with Crippen LogP contribution in [0.5, 0.6) is 0 Å². The van der Waals surface area contributed by atoms with Crippen LogP contribution in [0.3, 0.4) is 0 Å². The second kappa shape index (κ2) is 4.38. The molecule has 1 aromatic heterocycles. The van der Waals surface area contributed by atoms with Crippen molar-refractivity contribution >= 4 is 11.5 Å². The van der Waals surface area contributed by atoms with Crippen LogP contribution in [0.15, 0.2) is 30.3 Å². The Morgan fingerprint density at radius 1 is 1.14 bits per heavy atom. The van der Waals surface area contributed by atoms with Crippen molar-refractivity contribution in [1.29, 1.82) is 0 Å². The second-order valence-electron chi connectivity index (χ2n) is 3.19. The maximum absolute atomic E-state index is 4.37. The summed E-state index contributed by atoms with van der Waals surface area (Å²) in [5.41, 5.74) is 3.58. The number of benzene rings is 1. The summed E-state index contributed by atoms with van der Waals surface area (Å²) in [6, 6.07) is 10.6. The Hall–Kier alpha value is -1.15. The van der Waals surface area contributed by atoms with Crippen LogP contribution in [-0.4, -0.2) is 4.37 Å². The van der Waals surface area contributed by atoms with Crippen molar-refractivity contribution in [2.75, 3.05) is 0 Å². The lowest BCUT2D eigenvalue weighted by Gasteiger charge is -1.96. The molecule has 2 rings (SSSR count). The van der Waals surface area contributed by atoms with Crippen molar-refractivity contribution in [3.63, 3.8) is 0 Å². The smallest absolute Gasteiger partial charge is 0.0843 e. The first-order valence-corrected chi connectivity index (χ1v) is 5.03. The van der Waals surface area contributed by atoms with Crippen molar-refractivity contribution in [2.24, 2.45) is 0 Å². The van der Waals surface area contributed by atoms with E-state index in [0.29, 0.717) is 0 Å². The molecule has 0 bridgehead atoms. The molecule has 0 spiro atoms. The van der Waals surface area contributed by atoms with Crippen LogP contribution in [0.25, 0.3) is 11.3 Å². The van der Waals surface area contributed by atoms with Crippen LogP contribution in [0.1, 0.15) is 17.9 Å². The first kappa shape index (κ1) is 10.9. The van der Waals surface area contributed by atoms with E-state index in [4.69, 9.17) is 0 Å². The van der Waals surface area contributed by atoms with Gasteiger partial charge in [0.1, 0.15) is 0 Å². The molecular formula is C12H15NS. The summed E-state index contributed by atoms with van der Waals surface area (Å²) in [6.45, 7) is 4.18. The van der Waals surface area contributed by atoms with E-state index in [-0.39, 0.29) is 7.43 Å². The third kappa shape index (κ3) is 2.20. The molecule has 14 heavy (non-hydrogen) atoms. The summed E-state index contributed by atoms with van der Waals surface area (Å²) < 4.78 is 4.37. The fraction of sp³-hybridized carbons (Fsp3) is 0.250. The quantitative estimate of drug-likeness (QED) is 0.684. The number of hydrogen-bond donors (Lipinski definition) is 0. The molecule has 0 amide bonds. The summed E-state index contributed by atoms with van der Waals surface area (Å²) in [7, 11) is 0. The molecule has 0 aliphatic carbocycles. The molecule has 1 nitrogen and oxygen atoms in total. The molecule has 0 radical (unpaired) electrons. The maximum Gasteiger partial charge on any atom is 0.0843 e. The van der Waals surface area contributed by atoms with E-state index >= 15 is 0 Å². The molecule has 0 N–H and O–H groups in total. The van der Waals surface area contributed by atoms with E-state index in [0.717, 1.165) is 5.69 Å². The molecule has 1 aromatic carbocycles. The van der Waals surface area contributed by atoms with Gasteiger partial charge in [-0.25, -0.2) is 0 Å². The Kier molecular flexibility index (Phi) is 3.42. The number of hydrogen-bond acceptors (Lipinski definition) is 2. The van der Waals surface area contributed by atoms with Gasteiger partial charge in [-0.15, -0.1) is 0 Å². The van der Waals surface area contributed by atoms with E-state index in [2.05, 4.69) is 48.6 Å². The summed E-state index contributed by atoms with van der Waals surface area (Å²) in [4.78, 5) is 1.26. The standard InChI is InChI=1S/C11H11NS.CH4/c1-8-4-3-5-10(6-8)11-7-9(2)13-12-11;/h3-7H,1-2H3;1H4. The van der Waals surface area contributed by atoms with Gasteiger partial charge in [0, 0.05) is 10.4 Å². The van der Waals surface area contributed by atoms with Gasteiger partial charge in [0.2, 0.25) is 0 Å². The number of rotatable bonds is 1. The van der Waals surface area contributed by atoms with E-state index < -0.39 is 0 Å². The van der Waals surface area contributed by atoms with Gasteiger partial charge in [0.15, 0.2) is 0 Å². The molecule has 0 aliphatic heterocycles. The summed E-state index contributed by atoms with van der Waals surface area (Å²) in [6.07, 6.45) is 0. The first-order chi connectivity index (χ1) is 6.25. The Labute approximate surface area is 89.6 Å². The van der Waals surface area contributed by atoms with Gasteiger partial charge >= 0.3 is 0 Å². The highest BCUT2D eigenvalue weighted by atomic mass is 32.1. The van der Waals surface area contributed by atoms with Gasteiger partial charge in [0.05, 0.1) is 5.69 Å². The van der Waals surface area contributed by atoms with Crippen LogP contribution >= 0.6 is 11.5 Å². The molecule has 2 heteroatoms. The van der Waals surface area contributed by atoms with Gasteiger partial charge in [-0.3, -0.25) is 0 Å². The molecule has 0 saturated heterocycles. The minimum Gasteiger partial charge on any atom is -0.192 e. The van der Waals surface area contributed by atoms with Crippen molar-refractivity contribution in [2.45, 2.75) is 21.3 Å². The monoisotopic (exact) mass is 205 g/mol. The van der Waals surface area contributed by atoms with Crippen LogP contribution < -0.4 is 0 Å². The highest BCUT2D eigenvalue weighted by molar-refractivity contribution is 7.05. The zero-order valence-corrected chi connectivity index (χ0v) is 8.56. The van der Waals surface area contributed by atoms with Crippen LogP contribution in [0, 0.1) is 13.8 Å². The first-order valence-electron chi connectivity index (χ1n) is 4.26. The molecule has 0 saturated carbocycles. The predicted molar refractivity (Wildman–Crippen MR) is 63.8 cm³/mol. The van der Waals surface area contributed by atoms with Crippen LogP contribution in [0.2, 0.25) is 0 Å². The summed E-state index contributed by atoms with van der Waals surface area (Å²) in [5, 5.41) is 0. The minimum absolute atomic E-state index is 0. The largest absolute Gasteiger partial charge is 0.192 e.